The van der Waals surface area contributed by atoms with E-state index in [4.69, 9.17) is 0 Å². The highest BCUT2D eigenvalue weighted by Crippen LogP contribution is 1.98. The lowest BCUT2D eigenvalue weighted by atomic mass is 10.5. The highest BCUT2D eigenvalue weighted by Gasteiger charge is 2.09. The molecule has 0 spiro atoms. The molecule has 0 bridgehead atoms. The van der Waals surface area contributed by atoms with Crippen molar-refractivity contribution in [3.05, 3.63) is 10.1 Å². The molecule has 0 amide bonds. The van der Waals surface area contributed by atoms with Gasteiger partial charge in [0.2, 0.25) is 0 Å². The van der Waals surface area contributed by atoms with E-state index in [0.717, 1.165) is 0 Å². The molecular formula is C3H6NO2S. The minimum Gasteiger partial charge on any atom is -0.263 e. The average Bonchev–Trinajstić information content (AvgIpc) is 1.65. The standard InChI is InChI=1S/C3H6NO2S/c1-2-3(7)4(5)6/h3H,2H2,1H3. The summed E-state index contributed by atoms with van der Waals surface area (Å²) in [6.45, 7) is 1.69. The fourth-order valence-electron chi connectivity index (χ4n) is 0.149. The first-order valence-corrected chi connectivity index (χ1v) is 2.45. The third-order valence-electron chi connectivity index (χ3n) is 0.584. The van der Waals surface area contributed by atoms with E-state index in [1.165, 1.54) is 0 Å². The van der Waals surface area contributed by atoms with Gasteiger partial charge in [-0.25, -0.2) is 0 Å². The molecule has 1 atom stereocenters. The first-order valence-electron chi connectivity index (χ1n) is 1.97. The van der Waals surface area contributed by atoms with E-state index in [9.17, 15) is 10.1 Å². The minimum absolute atomic E-state index is 0.433. The van der Waals surface area contributed by atoms with Crippen LogP contribution in [0.25, 0.3) is 0 Å². The highest BCUT2D eigenvalue weighted by molar-refractivity contribution is 7.80. The summed E-state index contributed by atoms with van der Waals surface area (Å²) in [5.74, 6) is 0. The molecule has 0 aliphatic carbocycles. The Kier molecular flexibility index (Phi) is 2.75. The van der Waals surface area contributed by atoms with E-state index in [0.29, 0.717) is 6.42 Å². The van der Waals surface area contributed by atoms with Gasteiger partial charge in [0.15, 0.2) is 0 Å². The summed E-state index contributed by atoms with van der Waals surface area (Å²) < 4.78 is 0. The monoisotopic (exact) mass is 120 g/mol. The van der Waals surface area contributed by atoms with Gasteiger partial charge >= 0.3 is 0 Å². The first kappa shape index (κ1) is 6.75. The van der Waals surface area contributed by atoms with Crippen molar-refractivity contribution < 1.29 is 4.92 Å². The van der Waals surface area contributed by atoms with Crippen LogP contribution < -0.4 is 0 Å². The molecule has 0 rings (SSSR count). The molecule has 0 heterocycles. The number of nitro groups is 1. The van der Waals surface area contributed by atoms with Crippen molar-refractivity contribution in [3.63, 3.8) is 0 Å². The molecule has 41 valence electrons. The molecule has 0 N–H and O–H groups in total. The van der Waals surface area contributed by atoms with Crippen LogP contribution in [0.4, 0.5) is 0 Å². The molecule has 0 aromatic carbocycles. The van der Waals surface area contributed by atoms with E-state index in [1.807, 2.05) is 0 Å². The molecule has 0 aromatic rings. The van der Waals surface area contributed by atoms with Crippen LogP contribution in [0.1, 0.15) is 13.3 Å². The van der Waals surface area contributed by atoms with Crippen LogP contribution in [0.3, 0.4) is 0 Å². The van der Waals surface area contributed by atoms with Gasteiger partial charge in [0, 0.05) is 11.3 Å². The fourth-order valence-corrected chi connectivity index (χ4v) is 0.149. The number of hydrogen-bond acceptors (Lipinski definition) is 2. The third-order valence-corrected chi connectivity index (χ3v) is 1.09. The molecule has 0 saturated heterocycles. The van der Waals surface area contributed by atoms with Crippen molar-refractivity contribution in [1.29, 1.82) is 0 Å². The highest BCUT2D eigenvalue weighted by atomic mass is 32.1. The van der Waals surface area contributed by atoms with Gasteiger partial charge in [-0.2, -0.15) is 0 Å². The van der Waals surface area contributed by atoms with Gasteiger partial charge < -0.3 is 0 Å². The maximum atomic E-state index is 9.63. The van der Waals surface area contributed by atoms with Gasteiger partial charge in [-0.15, -0.1) is 0 Å². The van der Waals surface area contributed by atoms with Gasteiger partial charge in [0.05, 0.1) is 0 Å². The third kappa shape index (κ3) is 2.45. The van der Waals surface area contributed by atoms with E-state index >= 15 is 0 Å². The summed E-state index contributed by atoms with van der Waals surface area (Å²) in [4.78, 5) is 9.17. The topological polar surface area (TPSA) is 43.1 Å². The zero-order valence-corrected chi connectivity index (χ0v) is 4.77. The predicted octanol–water partition coefficient (Wildman–Crippen LogP) is 1.20. The molecule has 4 heteroatoms. The lowest BCUT2D eigenvalue weighted by Gasteiger charge is -1.92. The largest absolute Gasteiger partial charge is 0.267 e. The van der Waals surface area contributed by atoms with Crippen LogP contribution in [0.5, 0.6) is 0 Å². The number of hydrogen-bond donors (Lipinski definition) is 0. The normalized spacial score (nSPS) is 13.4. The van der Waals surface area contributed by atoms with Gasteiger partial charge in [-0.05, 0) is 12.6 Å². The van der Waals surface area contributed by atoms with E-state index in [-0.39, 0.29) is 0 Å². The maximum absolute atomic E-state index is 9.63. The van der Waals surface area contributed by atoms with Gasteiger partial charge in [0.1, 0.15) is 0 Å². The number of rotatable bonds is 2. The van der Waals surface area contributed by atoms with E-state index in [2.05, 4.69) is 12.6 Å². The number of nitrogens with zero attached hydrogens (tertiary/aromatic N) is 1. The van der Waals surface area contributed by atoms with Crippen molar-refractivity contribution in [1.82, 2.24) is 0 Å². The van der Waals surface area contributed by atoms with Crippen LogP contribution in [0, 0.1) is 10.1 Å². The van der Waals surface area contributed by atoms with Crippen molar-refractivity contribution in [2.45, 2.75) is 18.7 Å². The molecule has 0 fully saturated rings. The first-order chi connectivity index (χ1) is 3.18. The molecule has 0 aliphatic heterocycles. The average molecular weight is 120 g/mol. The second kappa shape index (κ2) is 2.85. The summed E-state index contributed by atoms with van der Waals surface area (Å²) in [7, 11) is 0. The summed E-state index contributed by atoms with van der Waals surface area (Å²) in [5, 5.41) is 8.84. The van der Waals surface area contributed by atoms with Gasteiger partial charge in [-0.1, -0.05) is 6.92 Å². The van der Waals surface area contributed by atoms with Crippen molar-refractivity contribution >= 4 is 12.6 Å². The summed E-state index contributed by atoms with van der Waals surface area (Å²) in [5.41, 5.74) is 0. The zero-order valence-electron chi connectivity index (χ0n) is 3.96. The Labute approximate surface area is 47.3 Å². The Bertz CT molecular complexity index is 75.3. The molecule has 1 unspecified atom stereocenters. The Hall–Kier alpha value is -0.250. The van der Waals surface area contributed by atoms with E-state index < -0.39 is 10.3 Å². The molecule has 7 heavy (non-hydrogen) atoms. The summed E-state index contributed by atoms with van der Waals surface area (Å²) >= 11 is 4.36. The lowest BCUT2D eigenvalue weighted by molar-refractivity contribution is -0.494. The van der Waals surface area contributed by atoms with Crippen molar-refractivity contribution in [2.75, 3.05) is 0 Å². The Morgan fingerprint density at radius 2 is 2.43 bits per heavy atom. The second-order valence-electron chi connectivity index (χ2n) is 1.15. The second-order valence-corrected chi connectivity index (χ2v) is 1.69. The molecule has 0 aromatic heterocycles. The summed E-state index contributed by atoms with van der Waals surface area (Å²) in [6.07, 6.45) is 0.433. The fraction of sp³-hybridized carbons (Fsp3) is 1.00. The van der Waals surface area contributed by atoms with Crippen LogP contribution >= 0.6 is 12.6 Å². The zero-order chi connectivity index (χ0) is 5.86. The van der Waals surface area contributed by atoms with Crippen LogP contribution in [-0.2, 0) is 0 Å². The Morgan fingerprint density at radius 3 is 2.43 bits per heavy atom. The lowest BCUT2D eigenvalue weighted by Crippen LogP contribution is -2.09. The maximum Gasteiger partial charge on any atom is 0.267 e. The predicted molar refractivity (Wildman–Crippen MR) is 28.7 cm³/mol. The Morgan fingerprint density at radius 1 is 2.00 bits per heavy atom. The molecule has 0 saturated carbocycles. The van der Waals surface area contributed by atoms with Crippen LogP contribution in [0.2, 0.25) is 0 Å². The van der Waals surface area contributed by atoms with Crippen molar-refractivity contribution in [2.24, 2.45) is 0 Å². The molecule has 0 aliphatic rings. The van der Waals surface area contributed by atoms with Crippen LogP contribution in [0.15, 0.2) is 0 Å². The van der Waals surface area contributed by atoms with E-state index in [1.54, 1.807) is 6.92 Å². The SMILES string of the molecule is CCC([S])[N+](=O)[O-]. The molecular weight excluding hydrogens is 114 g/mol. The van der Waals surface area contributed by atoms with Crippen molar-refractivity contribution in [3.8, 4) is 0 Å². The quantitative estimate of drug-likeness (QED) is 0.406. The summed E-state index contributed by atoms with van der Waals surface area (Å²) in [6, 6.07) is 0. The Balaban J connectivity index is 3.34. The van der Waals surface area contributed by atoms with Gasteiger partial charge in [0.25, 0.3) is 5.37 Å². The van der Waals surface area contributed by atoms with Crippen LogP contribution in [-0.4, -0.2) is 10.3 Å². The molecule has 3 nitrogen and oxygen atoms in total. The smallest absolute Gasteiger partial charge is 0.263 e. The minimum atomic E-state index is -0.792. The molecule has 1 radical (unpaired) electrons. The van der Waals surface area contributed by atoms with Gasteiger partial charge in [-0.3, -0.25) is 10.1 Å².